The molecule has 0 aliphatic heterocycles. The van der Waals surface area contributed by atoms with Gasteiger partial charge in [0.1, 0.15) is 5.75 Å². The van der Waals surface area contributed by atoms with E-state index in [9.17, 15) is 9.90 Å². The summed E-state index contributed by atoms with van der Waals surface area (Å²) < 4.78 is 0.637. The molecule has 1 aromatic heterocycles. The van der Waals surface area contributed by atoms with Crippen LogP contribution in [0.4, 0.5) is 0 Å². The number of benzene rings is 1. The number of carbonyl (C=O) groups is 1. The Kier molecular flexibility index (Phi) is 4.99. The SMILES string of the molecule is O=C(CCc1ccsc1)NCc1ccc(O)c(Br)c1. The second-order valence-corrected chi connectivity index (χ2v) is 5.83. The van der Waals surface area contributed by atoms with Gasteiger partial charge in [0.2, 0.25) is 5.91 Å². The number of aromatic hydroxyl groups is 1. The van der Waals surface area contributed by atoms with Gasteiger partial charge < -0.3 is 10.4 Å². The van der Waals surface area contributed by atoms with Crippen LogP contribution in [0.25, 0.3) is 0 Å². The highest BCUT2D eigenvalue weighted by atomic mass is 79.9. The molecule has 2 rings (SSSR count). The van der Waals surface area contributed by atoms with E-state index in [0.717, 1.165) is 12.0 Å². The number of rotatable bonds is 5. The molecule has 0 fully saturated rings. The lowest BCUT2D eigenvalue weighted by molar-refractivity contribution is -0.121. The Morgan fingerprint density at radius 2 is 2.16 bits per heavy atom. The molecule has 0 bridgehead atoms. The van der Waals surface area contributed by atoms with Crippen molar-refractivity contribution in [2.45, 2.75) is 19.4 Å². The predicted molar refractivity (Wildman–Crippen MR) is 80.3 cm³/mol. The Bertz CT molecular complexity index is 555. The maximum absolute atomic E-state index is 11.7. The van der Waals surface area contributed by atoms with Gasteiger partial charge in [-0.05, 0) is 62.4 Å². The summed E-state index contributed by atoms with van der Waals surface area (Å²) in [7, 11) is 0. The molecule has 0 aliphatic carbocycles. The molecule has 1 aromatic carbocycles. The smallest absolute Gasteiger partial charge is 0.220 e. The quantitative estimate of drug-likeness (QED) is 0.876. The molecule has 0 atom stereocenters. The van der Waals surface area contributed by atoms with E-state index < -0.39 is 0 Å². The summed E-state index contributed by atoms with van der Waals surface area (Å²) in [6, 6.07) is 7.24. The first kappa shape index (κ1) is 14.1. The van der Waals surface area contributed by atoms with E-state index in [0.29, 0.717) is 17.4 Å². The van der Waals surface area contributed by atoms with Gasteiger partial charge in [-0.2, -0.15) is 11.3 Å². The molecule has 1 heterocycles. The molecule has 1 amide bonds. The van der Waals surface area contributed by atoms with Crippen LogP contribution in [-0.4, -0.2) is 11.0 Å². The summed E-state index contributed by atoms with van der Waals surface area (Å²) in [4.78, 5) is 11.7. The standard InChI is InChI=1S/C14H14BrNO2S/c15-12-7-11(1-3-13(12)17)8-16-14(18)4-2-10-5-6-19-9-10/h1,3,5-7,9,17H,2,4,8H2,(H,16,18). The predicted octanol–water partition coefficient (Wildman–Crippen LogP) is 3.47. The Hall–Kier alpha value is -1.33. The Morgan fingerprint density at radius 3 is 2.84 bits per heavy atom. The van der Waals surface area contributed by atoms with Crippen molar-refractivity contribution in [2.24, 2.45) is 0 Å². The van der Waals surface area contributed by atoms with Gasteiger partial charge in [-0.15, -0.1) is 0 Å². The summed E-state index contributed by atoms with van der Waals surface area (Å²) in [5, 5.41) is 16.3. The van der Waals surface area contributed by atoms with E-state index in [4.69, 9.17) is 0 Å². The van der Waals surface area contributed by atoms with Crippen LogP contribution in [0.3, 0.4) is 0 Å². The highest BCUT2D eigenvalue weighted by molar-refractivity contribution is 9.10. The number of phenolic OH excluding ortho intramolecular Hbond substituents is 1. The van der Waals surface area contributed by atoms with Crippen molar-refractivity contribution in [3.63, 3.8) is 0 Å². The largest absolute Gasteiger partial charge is 0.507 e. The van der Waals surface area contributed by atoms with Crippen LogP contribution in [0, 0.1) is 0 Å². The van der Waals surface area contributed by atoms with E-state index in [-0.39, 0.29) is 11.7 Å². The second-order valence-electron chi connectivity index (χ2n) is 4.19. The number of aryl methyl sites for hydroxylation is 1. The minimum absolute atomic E-state index is 0.0374. The third-order valence-corrected chi connectivity index (χ3v) is 4.09. The van der Waals surface area contributed by atoms with Gasteiger partial charge in [0.25, 0.3) is 0 Å². The van der Waals surface area contributed by atoms with Crippen molar-refractivity contribution in [3.8, 4) is 5.75 Å². The van der Waals surface area contributed by atoms with Crippen molar-refractivity contribution in [3.05, 3.63) is 50.6 Å². The number of nitrogens with one attached hydrogen (secondary N) is 1. The summed E-state index contributed by atoms with van der Waals surface area (Å²) in [5.74, 6) is 0.239. The zero-order valence-corrected chi connectivity index (χ0v) is 12.6. The second kappa shape index (κ2) is 6.73. The molecule has 5 heteroatoms. The molecule has 0 unspecified atom stereocenters. The lowest BCUT2D eigenvalue weighted by atomic mass is 10.2. The minimum Gasteiger partial charge on any atom is -0.507 e. The number of phenols is 1. The van der Waals surface area contributed by atoms with Gasteiger partial charge in [0.15, 0.2) is 0 Å². The van der Waals surface area contributed by atoms with Crippen molar-refractivity contribution in [1.29, 1.82) is 0 Å². The molecule has 3 nitrogen and oxygen atoms in total. The van der Waals surface area contributed by atoms with Gasteiger partial charge in [0, 0.05) is 13.0 Å². The zero-order chi connectivity index (χ0) is 13.7. The number of amides is 1. The highest BCUT2D eigenvalue weighted by Crippen LogP contribution is 2.24. The Balaban J connectivity index is 1.78. The first-order chi connectivity index (χ1) is 9.15. The number of hydrogen-bond acceptors (Lipinski definition) is 3. The number of halogens is 1. The van der Waals surface area contributed by atoms with E-state index in [1.165, 1.54) is 5.56 Å². The van der Waals surface area contributed by atoms with E-state index >= 15 is 0 Å². The third kappa shape index (κ3) is 4.36. The van der Waals surface area contributed by atoms with E-state index in [2.05, 4.69) is 26.6 Å². The van der Waals surface area contributed by atoms with Crippen LogP contribution in [0.1, 0.15) is 17.5 Å². The van der Waals surface area contributed by atoms with Gasteiger partial charge >= 0.3 is 0 Å². The fourth-order valence-corrected chi connectivity index (χ4v) is 2.77. The van der Waals surface area contributed by atoms with E-state index in [1.807, 2.05) is 11.4 Å². The van der Waals surface area contributed by atoms with Crippen LogP contribution in [0.5, 0.6) is 5.75 Å². The lowest BCUT2D eigenvalue weighted by Crippen LogP contribution is -2.22. The van der Waals surface area contributed by atoms with Crippen molar-refractivity contribution in [2.75, 3.05) is 0 Å². The van der Waals surface area contributed by atoms with Crippen LogP contribution < -0.4 is 5.32 Å². The summed E-state index contributed by atoms with van der Waals surface area (Å²) in [6.07, 6.45) is 1.27. The number of hydrogen-bond donors (Lipinski definition) is 2. The molecule has 0 saturated carbocycles. The van der Waals surface area contributed by atoms with Crippen LogP contribution >= 0.6 is 27.3 Å². The molecule has 19 heavy (non-hydrogen) atoms. The maximum Gasteiger partial charge on any atom is 0.220 e. The van der Waals surface area contributed by atoms with Crippen LogP contribution in [0.15, 0.2) is 39.5 Å². The summed E-state index contributed by atoms with van der Waals surface area (Å²) in [5.41, 5.74) is 2.15. The fourth-order valence-electron chi connectivity index (χ4n) is 1.64. The summed E-state index contributed by atoms with van der Waals surface area (Å²) in [6.45, 7) is 0.474. The monoisotopic (exact) mass is 339 g/mol. The molecule has 2 aromatic rings. The number of carbonyl (C=O) groups excluding carboxylic acids is 1. The third-order valence-electron chi connectivity index (χ3n) is 2.72. The normalized spacial score (nSPS) is 10.4. The molecule has 0 spiro atoms. The van der Waals surface area contributed by atoms with Crippen molar-refractivity contribution >= 4 is 33.2 Å². The fraction of sp³-hybridized carbons (Fsp3) is 0.214. The minimum atomic E-state index is 0.0374. The topological polar surface area (TPSA) is 49.3 Å². The summed E-state index contributed by atoms with van der Waals surface area (Å²) >= 11 is 4.89. The lowest BCUT2D eigenvalue weighted by Gasteiger charge is -2.06. The van der Waals surface area contributed by atoms with Gasteiger partial charge in [0.05, 0.1) is 4.47 Å². The molecular formula is C14H14BrNO2S. The van der Waals surface area contributed by atoms with Crippen LogP contribution in [-0.2, 0) is 17.8 Å². The van der Waals surface area contributed by atoms with E-state index in [1.54, 1.807) is 29.5 Å². The maximum atomic E-state index is 11.7. The average Bonchev–Trinajstić information content (AvgIpc) is 2.91. The molecule has 0 saturated heterocycles. The van der Waals surface area contributed by atoms with Crippen molar-refractivity contribution < 1.29 is 9.90 Å². The Morgan fingerprint density at radius 1 is 1.32 bits per heavy atom. The molecule has 2 N–H and O–H groups in total. The average molecular weight is 340 g/mol. The zero-order valence-electron chi connectivity index (χ0n) is 10.2. The van der Waals surface area contributed by atoms with Crippen molar-refractivity contribution in [1.82, 2.24) is 5.32 Å². The first-order valence-electron chi connectivity index (χ1n) is 5.90. The molecule has 0 aliphatic rings. The highest BCUT2D eigenvalue weighted by Gasteiger charge is 2.04. The molecule has 100 valence electrons. The van der Waals surface area contributed by atoms with Gasteiger partial charge in [-0.1, -0.05) is 6.07 Å². The number of thiophene rings is 1. The first-order valence-corrected chi connectivity index (χ1v) is 7.64. The molecule has 0 radical (unpaired) electrons. The van der Waals surface area contributed by atoms with Gasteiger partial charge in [-0.25, -0.2) is 0 Å². The van der Waals surface area contributed by atoms with Crippen LogP contribution in [0.2, 0.25) is 0 Å². The Labute approximate surface area is 124 Å². The molecular weight excluding hydrogens is 326 g/mol. The van der Waals surface area contributed by atoms with Gasteiger partial charge in [-0.3, -0.25) is 4.79 Å².